The van der Waals surface area contributed by atoms with Gasteiger partial charge in [0.05, 0.1) is 12.1 Å². The van der Waals surface area contributed by atoms with Gasteiger partial charge in [-0.1, -0.05) is 25.3 Å². The molecule has 0 unspecified atom stereocenters. The Morgan fingerprint density at radius 2 is 1.87 bits per heavy atom. The van der Waals surface area contributed by atoms with Crippen LogP contribution in [0.1, 0.15) is 44.6 Å². The van der Waals surface area contributed by atoms with E-state index < -0.39 is 5.54 Å². The molecule has 0 bridgehead atoms. The van der Waals surface area contributed by atoms with Crippen molar-refractivity contribution in [3.8, 4) is 17.6 Å². The summed E-state index contributed by atoms with van der Waals surface area (Å²) in [6.45, 7) is 6.68. The van der Waals surface area contributed by atoms with Gasteiger partial charge < -0.3 is 14.4 Å². The van der Waals surface area contributed by atoms with Crippen LogP contribution < -0.4 is 9.47 Å². The van der Waals surface area contributed by atoms with Crippen molar-refractivity contribution in [2.24, 2.45) is 0 Å². The van der Waals surface area contributed by atoms with E-state index in [9.17, 15) is 10.1 Å². The summed E-state index contributed by atoms with van der Waals surface area (Å²) >= 11 is 0. The molecule has 0 spiro atoms. The number of hydrogen-bond acceptors (Lipinski definition) is 6. The summed E-state index contributed by atoms with van der Waals surface area (Å²) in [6, 6.07) is 8.39. The lowest BCUT2D eigenvalue weighted by molar-refractivity contribution is -0.140. The van der Waals surface area contributed by atoms with Crippen molar-refractivity contribution in [2.75, 3.05) is 40.0 Å². The van der Waals surface area contributed by atoms with E-state index in [-0.39, 0.29) is 11.9 Å². The van der Waals surface area contributed by atoms with Gasteiger partial charge in [-0.15, -0.1) is 0 Å². The van der Waals surface area contributed by atoms with Crippen molar-refractivity contribution in [3.05, 3.63) is 23.8 Å². The van der Waals surface area contributed by atoms with Crippen LogP contribution in [0.2, 0.25) is 0 Å². The zero-order valence-corrected chi connectivity index (χ0v) is 18.1. The average molecular weight is 413 g/mol. The minimum Gasteiger partial charge on any atom is -0.454 e. The Bertz CT molecular complexity index is 807. The molecule has 1 amide bonds. The van der Waals surface area contributed by atoms with E-state index in [1.165, 1.54) is 5.56 Å². The summed E-state index contributed by atoms with van der Waals surface area (Å²) in [4.78, 5) is 19.6. The molecule has 2 heterocycles. The molecule has 1 aliphatic carbocycles. The highest BCUT2D eigenvalue weighted by atomic mass is 16.7. The van der Waals surface area contributed by atoms with Crippen LogP contribution in [0.5, 0.6) is 11.5 Å². The van der Waals surface area contributed by atoms with Gasteiger partial charge in [0.2, 0.25) is 12.7 Å². The van der Waals surface area contributed by atoms with Gasteiger partial charge in [0.15, 0.2) is 11.5 Å². The fourth-order valence-electron chi connectivity index (χ4n) is 4.91. The molecule has 1 aromatic rings. The molecule has 3 aliphatic rings. The van der Waals surface area contributed by atoms with E-state index in [1.54, 1.807) is 4.90 Å². The summed E-state index contributed by atoms with van der Waals surface area (Å²) in [6.07, 6.45) is 4.80. The highest BCUT2D eigenvalue weighted by Gasteiger charge is 2.41. The van der Waals surface area contributed by atoms with Gasteiger partial charge in [-0.2, -0.15) is 5.26 Å². The number of fused-ring (bicyclic) bond motifs is 1. The topological polar surface area (TPSA) is 69.0 Å². The lowest BCUT2D eigenvalue weighted by Gasteiger charge is -2.43. The molecule has 0 aromatic heterocycles. The second kappa shape index (κ2) is 8.83. The Labute approximate surface area is 179 Å². The fourth-order valence-corrected chi connectivity index (χ4v) is 4.91. The smallest absolute Gasteiger partial charge is 0.240 e. The van der Waals surface area contributed by atoms with Gasteiger partial charge in [0.25, 0.3) is 0 Å². The monoisotopic (exact) mass is 412 g/mol. The van der Waals surface area contributed by atoms with Crippen molar-refractivity contribution in [1.82, 2.24) is 14.7 Å². The molecule has 2 fully saturated rings. The first kappa shape index (κ1) is 21.0. The molecule has 7 heteroatoms. The minimum absolute atomic E-state index is 0.0719. The molecular weight excluding hydrogens is 380 g/mol. The van der Waals surface area contributed by atoms with Crippen molar-refractivity contribution in [2.45, 2.75) is 57.2 Å². The van der Waals surface area contributed by atoms with E-state index in [0.717, 1.165) is 76.3 Å². The standard InChI is InChI=1S/C23H32N4O3/c1-18(22(28)25(2)23(16-24)8-4-3-5-9-23)27-12-10-26(11-13-27)15-19-6-7-20-21(14-19)30-17-29-20/h6-7,14,18H,3-5,8-13,15,17H2,1-2H3/t18-/m1/s1. The van der Waals surface area contributed by atoms with Crippen LogP contribution in [0.25, 0.3) is 0 Å². The van der Waals surface area contributed by atoms with Crippen LogP contribution in [-0.4, -0.2) is 72.2 Å². The van der Waals surface area contributed by atoms with Crippen LogP contribution in [0.4, 0.5) is 0 Å². The summed E-state index contributed by atoms with van der Waals surface area (Å²) in [5.41, 5.74) is 0.593. The van der Waals surface area contributed by atoms with Crippen LogP contribution in [0.15, 0.2) is 18.2 Å². The van der Waals surface area contributed by atoms with E-state index in [0.29, 0.717) is 6.79 Å². The first-order valence-corrected chi connectivity index (χ1v) is 11.1. The summed E-state index contributed by atoms with van der Waals surface area (Å²) < 4.78 is 10.9. The summed E-state index contributed by atoms with van der Waals surface area (Å²) in [7, 11) is 1.82. The molecule has 7 nitrogen and oxygen atoms in total. The molecule has 0 radical (unpaired) electrons. The van der Waals surface area contributed by atoms with Crippen molar-refractivity contribution >= 4 is 5.91 Å². The fraction of sp³-hybridized carbons (Fsp3) is 0.652. The van der Waals surface area contributed by atoms with E-state index >= 15 is 0 Å². The lowest BCUT2D eigenvalue weighted by Crippen LogP contribution is -2.58. The number of rotatable bonds is 5. The Morgan fingerprint density at radius 1 is 1.17 bits per heavy atom. The maximum Gasteiger partial charge on any atom is 0.240 e. The molecule has 0 N–H and O–H groups in total. The number of carbonyl (C=O) groups excluding carboxylic acids is 1. The maximum absolute atomic E-state index is 13.2. The third-order valence-electron chi connectivity index (χ3n) is 7.02. The average Bonchev–Trinajstić information content (AvgIpc) is 3.26. The van der Waals surface area contributed by atoms with Crippen molar-refractivity contribution in [3.63, 3.8) is 0 Å². The zero-order chi connectivity index (χ0) is 21.1. The molecule has 1 saturated heterocycles. The van der Waals surface area contributed by atoms with Crippen molar-refractivity contribution < 1.29 is 14.3 Å². The molecule has 4 rings (SSSR count). The van der Waals surface area contributed by atoms with E-state index in [1.807, 2.05) is 20.0 Å². The second-order valence-electron chi connectivity index (χ2n) is 8.78. The normalized spacial score (nSPS) is 22.3. The summed E-state index contributed by atoms with van der Waals surface area (Å²) in [5.74, 6) is 1.71. The van der Waals surface area contributed by atoms with Gasteiger partial charge in [0.1, 0.15) is 5.54 Å². The summed E-state index contributed by atoms with van der Waals surface area (Å²) in [5, 5.41) is 9.81. The number of hydrogen-bond donors (Lipinski definition) is 0. The molecule has 162 valence electrons. The number of amides is 1. The van der Waals surface area contributed by atoms with Crippen LogP contribution in [0, 0.1) is 11.3 Å². The Hall–Kier alpha value is -2.30. The third-order valence-corrected chi connectivity index (χ3v) is 7.02. The van der Waals surface area contributed by atoms with Gasteiger partial charge >= 0.3 is 0 Å². The SMILES string of the molecule is C[C@H](C(=O)N(C)C1(C#N)CCCCC1)N1CCN(Cc2ccc3c(c2)OCO3)CC1. The minimum atomic E-state index is -0.620. The van der Waals surface area contributed by atoms with Crippen LogP contribution in [-0.2, 0) is 11.3 Å². The predicted molar refractivity (Wildman–Crippen MR) is 113 cm³/mol. The molecule has 1 aromatic carbocycles. The quantitative estimate of drug-likeness (QED) is 0.741. The number of piperazine rings is 1. The Balaban J connectivity index is 1.31. The second-order valence-corrected chi connectivity index (χ2v) is 8.78. The van der Waals surface area contributed by atoms with Crippen LogP contribution >= 0.6 is 0 Å². The number of carbonyl (C=O) groups is 1. The third kappa shape index (κ3) is 4.12. The van der Waals surface area contributed by atoms with Gasteiger partial charge in [-0.25, -0.2) is 0 Å². The van der Waals surface area contributed by atoms with Crippen LogP contribution in [0.3, 0.4) is 0 Å². The number of nitriles is 1. The van der Waals surface area contributed by atoms with E-state index in [4.69, 9.17) is 9.47 Å². The van der Waals surface area contributed by atoms with Crippen molar-refractivity contribution in [1.29, 1.82) is 5.26 Å². The molecule has 1 atom stereocenters. The van der Waals surface area contributed by atoms with Gasteiger partial charge in [0, 0.05) is 39.8 Å². The van der Waals surface area contributed by atoms with Gasteiger partial charge in [-0.3, -0.25) is 14.6 Å². The predicted octanol–water partition coefficient (Wildman–Crippen LogP) is 2.61. The maximum atomic E-state index is 13.2. The number of nitrogens with zero attached hydrogens (tertiary/aromatic N) is 4. The zero-order valence-electron chi connectivity index (χ0n) is 18.1. The molecule has 1 saturated carbocycles. The molecule has 2 aliphatic heterocycles. The molecule has 30 heavy (non-hydrogen) atoms. The van der Waals surface area contributed by atoms with E-state index in [2.05, 4.69) is 28.0 Å². The highest BCUT2D eigenvalue weighted by molar-refractivity contribution is 5.82. The Morgan fingerprint density at radius 3 is 2.57 bits per heavy atom. The number of ether oxygens (including phenoxy) is 2. The Kier molecular flexibility index (Phi) is 6.16. The first-order chi connectivity index (χ1) is 14.5. The number of benzene rings is 1. The number of likely N-dealkylation sites (N-methyl/N-ethyl adjacent to an activating group) is 1. The highest BCUT2D eigenvalue weighted by Crippen LogP contribution is 2.34. The molecular formula is C23H32N4O3. The first-order valence-electron chi connectivity index (χ1n) is 11.1. The largest absolute Gasteiger partial charge is 0.454 e. The van der Waals surface area contributed by atoms with Gasteiger partial charge in [-0.05, 0) is 37.5 Å². The lowest BCUT2D eigenvalue weighted by atomic mass is 9.81.